The first-order chi connectivity index (χ1) is 14.5. The van der Waals surface area contributed by atoms with E-state index in [2.05, 4.69) is 28.4 Å². The molecule has 5 heteroatoms. The largest absolute Gasteiger partial charge is 0.465 e. The Labute approximate surface area is 177 Å². The highest BCUT2D eigenvalue weighted by Crippen LogP contribution is 2.24. The van der Waals surface area contributed by atoms with Gasteiger partial charge in [-0.25, -0.2) is 4.98 Å². The maximum absolute atomic E-state index is 12.6. The third kappa shape index (κ3) is 5.21. The standard InChI is InChI=1S/C25H25N3O2/c1-5-7-23(30-6-2)20-12-13-21-16-26-24(15-22(21)14-20)27-25(29)19-10-8-18(9-11-19)17-28(3)4/h5-16H,1-2,17H2,3-4H3,(H,26,27,29)/b23-7-. The van der Waals surface area contributed by atoms with E-state index in [9.17, 15) is 4.79 Å². The number of amides is 1. The molecule has 0 aliphatic rings. The zero-order chi connectivity index (χ0) is 21.5. The Kier molecular flexibility index (Phi) is 6.78. The maximum Gasteiger partial charge on any atom is 0.256 e. The van der Waals surface area contributed by atoms with E-state index in [1.807, 2.05) is 62.6 Å². The molecule has 152 valence electrons. The van der Waals surface area contributed by atoms with Crippen LogP contribution < -0.4 is 5.32 Å². The number of rotatable bonds is 8. The molecule has 5 nitrogen and oxygen atoms in total. The molecular weight excluding hydrogens is 374 g/mol. The molecule has 0 aliphatic heterocycles. The fourth-order valence-electron chi connectivity index (χ4n) is 3.08. The van der Waals surface area contributed by atoms with Crippen LogP contribution in [0.15, 0.2) is 86.3 Å². The number of fused-ring (bicyclic) bond motifs is 1. The van der Waals surface area contributed by atoms with Crippen LogP contribution in [0.1, 0.15) is 21.5 Å². The van der Waals surface area contributed by atoms with Gasteiger partial charge >= 0.3 is 0 Å². The molecule has 0 saturated heterocycles. The lowest BCUT2D eigenvalue weighted by Gasteiger charge is -2.11. The Balaban J connectivity index is 1.82. The van der Waals surface area contributed by atoms with Gasteiger partial charge in [-0.2, -0.15) is 0 Å². The fourth-order valence-corrected chi connectivity index (χ4v) is 3.08. The molecule has 2 aromatic carbocycles. The van der Waals surface area contributed by atoms with E-state index in [-0.39, 0.29) is 5.91 Å². The molecule has 0 saturated carbocycles. The molecule has 1 heterocycles. The minimum atomic E-state index is -0.198. The number of pyridine rings is 1. The predicted octanol–water partition coefficient (Wildman–Crippen LogP) is 5.24. The van der Waals surface area contributed by atoms with Crippen LogP contribution in [0.2, 0.25) is 0 Å². The zero-order valence-corrected chi connectivity index (χ0v) is 17.3. The van der Waals surface area contributed by atoms with Crippen LogP contribution >= 0.6 is 0 Å². The Morgan fingerprint density at radius 3 is 2.47 bits per heavy atom. The summed E-state index contributed by atoms with van der Waals surface area (Å²) < 4.78 is 5.47. The first kappa shape index (κ1) is 21.0. The second-order valence-corrected chi connectivity index (χ2v) is 7.07. The molecule has 0 aliphatic carbocycles. The van der Waals surface area contributed by atoms with Gasteiger partial charge in [0, 0.05) is 29.3 Å². The smallest absolute Gasteiger partial charge is 0.256 e. The molecule has 0 spiro atoms. The summed E-state index contributed by atoms with van der Waals surface area (Å²) in [5.41, 5.74) is 2.61. The molecule has 1 amide bonds. The molecule has 0 unspecified atom stereocenters. The number of carbonyl (C=O) groups excluding carboxylic acids is 1. The van der Waals surface area contributed by atoms with E-state index >= 15 is 0 Å². The van der Waals surface area contributed by atoms with Gasteiger partial charge < -0.3 is 15.0 Å². The number of hydrogen-bond acceptors (Lipinski definition) is 4. The summed E-state index contributed by atoms with van der Waals surface area (Å²) in [6.07, 6.45) is 6.54. The van der Waals surface area contributed by atoms with Crippen molar-refractivity contribution in [1.82, 2.24) is 9.88 Å². The van der Waals surface area contributed by atoms with Crippen molar-refractivity contribution in [1.29, 1.82) is 0 Å². The van der Waals surface area contributed by atoms with Gasteiger partial charge in [-0.15, -0.1) is 0 Å². The van der Waals surface area contributed by atoms with E-state index in [0.717, 1.165) is 28.4 Å². The van der Waals surface area contributed by atoms with Gasteiger partial charge in [0.15, 0.2) is 0 Å². The minimum Gasteiger partial charge on any atom is -0.465 e. The fraction of sp³-hybridized carbons (Fsp3) is 0.120. The number of aromatic nitrogens is 1. The minimum absolute atomic E-state index is 0.198. The quantitative estimate of drug-likeness (QED) is 0.416. The van der Waals surface area contributed by atoms with Crippen LogP contribution in [0.5, 0.6) is 0 Å². The van der Waals surface area contributed by atoms with Gasteiger partial charge in [0.25, 0.3) is 5.91 Å². The molecule has 0 bridgehead atoms. The number of hydrogen-bond donors (Lipinski definition) is 1. The van der Waals surface area contributed by atoms with Crippen molar-refractivity contribution in [3.63, 3.8) is 0 Å². The highest BCUT2D eigenvalue weighted by atomic mass is 16.5. The Morgan fingerprint density at radius 1 is 1.07 bits per heavy atom. The van der Waals surface area contributed by atoms with Crippen molar-refractivity contribution < 1.29 is 9.53 Å². The molecule has 30 heavy (non-hydrogen) atoms. The van der Waals surface area contributed by atoms with E-state index in [1.54, 1.807) is 18.3 Å². The summed E-state index contributed by atoms with van der Waals surface area (Å²) in [7, 11) is 4.02. The Bertz CT molecular complexity index is 1100. The molecule has 1 N–H and O–H groups in total. The number of benzene rings is 2. The van der Waals surface area contributed by atoms with Crippen molar-refractivity contribution in [2.45, 2.75) is 6.54 Å². The molecule has 3 rings (SSSR count). The number of allylic oxidation sites excluding steroid dienone is 2. The summed E-state index contributed by atoms with van der Waals surface area (Å²) >= 11 is 0. The summed E-state index contributed by atoms with van der Waals surface area (Å²) in [6.45, 7) is 8.15. The van der Waals surface area contributed by atoms with Crippen molar-refractivity contribution >= 4 is 28.3 Å². The van der Waals surface area contributed by atoms with E-state index in [4.69, 9.17) is 4.74 Å². The van der Waals surface area contributed by atoms with Crippen LogP contribution in [-0.4, -0.2) is 29.9 Å². The van der Waals surface area contributed by atoms with E-state index in [0.29, 0.717) is 17.1 Å². The van der Waals surface area contributed by atoms with Crippen LogP contribution in [-0.2, 0) is 11.3 Å². The lowest BCUT2D eigenvalue weighted by Crippen LogP contribution is -2.14. The number of anilines is 1. The number of ether oxygens (including phenoxy) is 1. The molecule has 1 aromatic heterocycles. The van der Waals surface area contributed by atoms with Gasteiger partial charge in [0.2, 0.25) is 0 Å². The predicted molar refractivity (Wildman–Crippen MR) is 123 cm³/mol. The van der Waals surface area contributed by atoms with Crippen LogP contribution in [0, 0.1) is 0 Å². The van der Waals surface area contributed by atoms with Gasteiger partial charge in [0.05, 0.1) is 6.26 Å². The first-order valence-corrected chi connectivity index (χ1v) is 9.55. The van der Waals surface area contributed by atoms with Gasteiger partial charge in [-0.3, -0.25) is 4.79 Å². The van der Waals surface area contributed by atoms with Crippen molar-refractivity contribution in [3.05, 3.63) is 103 Å². The third-order valence-electron chi connectivity index (χ3n) is 4.44. The number of carbonyl (C=O) groups is 1. The molecule has 0 atom stereocenters. The molecule has 0 radical (unpaired) electrons. The summed E-state index contributed by atoms with van der Waals surface area (Å²) in [5, 5.41) is 4.76. The second kappa shape index (κ2) is 9.67. The average molecular weight is 399 g/mol. The normalized spacial score (nSPS) is 11.4. The van der Waals surface area contributed by atoms with Crippen LogP contribution in [0.3, 0.4) is 0 Å². The SMILES string of the molecule is C=C/C=C(\OC=C)c1ccc2cnc(NC(=O)c3ccc(CN(C)C)cc3)cc2c1. The highest BCUT2D eigenvalue weighted by molar-refractivity contribution is 6.04. The Hall–Kier alpha value is -3.70. The Morgan fingerprint density at radius 2 is 1.80 bits per heavy atom. The van der Waals surface area contributed by atoms with Gasteiger partial charge in [-0.1, -0.05) is 43.5 Å². The monoisotopic (exact) mass is 399 g/mol. The average Bonchev–Trinajstić information content (AvgIpc) is 2.73. The zero-order valence-electron chi connectivity index (χ0n) is 17.3. The van der Waals surface area contributed by atoms with Gasteiger partial charge in [0.1, 0.15) is 11.6 Å². The lowest BCUT2D eigenvalue weighted by molar-refractivity contribution is 0.102. The summed E-state index contributed by atoms with van der Waals surface area (Å²) in [6, 6.07) is 15.3. The van der Waals surface area contributed by atoms with Crippen molar-refractivity contribution in [2.75, 3.05) is 19.4 Å². The van der Waals surface area contributed by atoms with E-state index in [1.165, 1.54) is 6.26 Å². The lowest BCUT2D eigenvalue weighted by atomic mass is 10.1. The summed E-state index contributed by atoms with van der Waals surface area (Å²) in [4.78, 5) is 19.1. The maximum atomic E-state index is 12.6. The van der Waals surface area contributed by atoms with Crippen LogP contribution in [0.4, 0.5) is 5.82 Å². The van der Waals surface area contributed by atoms with Crippen molar-refractivity contribution in [2.24, 2.45) is 0 Å². The van der Waals surface area contributed by atoms with Crippen LogP contribution in [0.25, 0.3) is 16.5 Å². The van der Waals surface area contributed by atoms with Gasteiger partial charge in [-0.05, 0) is 55.4 Å². The molecule has 0 fully saturated rings. The first-order valence-electron chi connectivity index (χ1n) is 9.55. The third-order valence-corrected chi connectivity index (χ3v) is 4.44. The highest BCUT2D eigenvalue weighted by Gasteiger charge is 2.09. The van der Waals surface area contributed by atoms with Crippen molar-refractivity contribution in [3.8, 4) is 0 Å². The molecular formula is C25H25N3O2. The number of nitrogens with one attached hydrogen (secondary N) is 1. The number of nitrogens with zero attached hydrogens (tertiary/aromatic N) is 2. The van der Waals surface area contributed by atoms with E-state index < -0.39 is 0 Å². The second-order valence-electron chi connectivity index (χ2n) is 7.07. The molecule has 3 aromatic rings. The topological polar surface area (TPSA) is 54.5 Å². The summed E-state index contributed by atoms with van der Waals surface area (Å²) in [5.74, 6) is 0.930.